The predicted octanol–water partition coefficient (Wildman–Crippen LogP) is 2.89. The monoisotopic (exact) mass is 298 g/mol. The molecule has 0 fully saturated rings. The number of halogens is 1. The van der Waals surface area contributed by atoms with Gasteiger partial charge >= 0.3 is 0 Å². The zero-order valence-corrected chi connectivity index (χ0v) is 12.1. The van der Waals surface area contributed by atoms with E-state index in [1.165, 1.54) is 11.3 Å². The number of nitrogens with zero attached hydrogens (tertiary/aromatic N) is 1. The second kappa shape index (κ2) is 6.75. The van der Waals surface area contributed by atoms with Crippen molar-refractivity contribution in [3.05, 3.63) is 39.3 Å². The Morgan fingerprint density at radius 1 is 1.37 bits per heavy atom. The number of thiazole rings is 1. The Hall–Kier alpha value is -1.30. The summed E-state index contributed by atoms with van der Waals surface area (Å²) in [6, 6.07) is 5.83. The van der Waals surface area contributed by atoms with Crippen molar-refractivity contribution in [1.82, 2.24) is 4.98 Å². The molecular formula is C13H15ClN2O2S. The molecule has 0 bridgehead atoms. The Bertz CT molecular complexity index is 545. The number of hydrogen-bond acceptors (Lipinski definition) is 5. The molecule has 6 heteroatoms. The lowest BCUT2D eigenvalue weighted by atomic mass is 10.1. The van der Waals surface area contributed by atoms with Crippen LogP contribution in [0.3, 0.4) is 0 Å². The van der Waals surface area contributed by atoms with Crippen LogP contribution in [0.1, 0.15) is 10.4 Å². The molecule has 0 spiro atoms. The average molecular weight is 299 g/mol. The van der Waals surface area contributed by atoms with Crippen LogP contribution < -0.4 is 15.2 Å². The molecule has 0 atom stereocenters. The molecule has 0 aliphatic rings. The van der Waals surface area contributed by atoms with Gasteiger partial charge in [0, 0.05) is 6.20 Å². The first-order chi connectivity index (χ1) is 9.22. The maximum absolute atomic E-state index is 5.77. The van der Waals surface area contributed by atoms with Gasteiger partial charge in [-0.3, -0.25) is 0 Å². The molecule has 0 aliphatic carbocycles. The topological polar surface area (TPSA) is 57.4 Å². The zero-order chi connectivity index (χ0) is 13.7. The van der Waals surface area contributed by atoms with Crippen LogP contribution >= 0.6 is 22.9 Å². The first kappa shape index (κ1) is 14.1. The standard InChI is InChI=1S/C13H15ClN2O2S/c1-17-12-6-9(4-5-15)2-3-11(12)18-8-10-7-16-13(14)19-10/h2-3,6-7H,4-5,8,15H2,1H3. The fraction of sp³-hybridized carbons (Fsp3) is 0.308. The van der Waals surface area contributed by atoms with E-state index in [1.54, 1.807) is 13.3 Å². The minimum atomic E-state index is 0.428. The SMILES string of the molecule is COc1cc(CCN)ccc1OCc1cnc(Cl)s1. The lowest BCUT2D eigenvalue weighted by Crippen LogP contribution is -2.03. The van der Waals surface area contributed by atoms with Gasteiger partial charge in [0.1, 0.15) is 6.61 Å². The molecular weight excluding hydrogens is 284 g/mol. The Kier molecular flexibility index (Phi) is 5.01. The molecule has 19 heavy (non-hydrogen) atoms. The molecule has 1 aromatic carbocycles. The third kappa shape index (κ3) is 3.83. The van der Waals surface area contributed by atoms with E-state index < -0.39 is 0 Å². The van der Waals surface area contributed by atoms with E-state index in [-0.39, 0.29) is 0 Å². The minimum absolute atomic E-state index is 0.428. The number of methoxy groups -OCH3 is 1. The summed E-state index contributed by atoms with van der Waals surface area (Å²) in [4.78, 5) is 4.94. The molecule has 0 saturated heterocycles. The van der Waals surface area contributed by atoms with Crippen molar-refractivity contribution < 1.29 is 9.47 Å². The quantitative estimate of drug-likeness (QED) is 0.891. The Labute approximate surface area is 121 Å². The summed E-state index contributed by atoms with van der Waals surface area (Å²) in [5, 5.41) is 0. The fourth-order valence-corrected chi connectivity index (χ4v) is 2.54. The van der Waals surface area contributed by atoms with Crippen LogP contribution in [0.4, 0.5) is 0 Å². The summed E-state index contributed by atoms with van der Waals surface area (Å²) in [7, 11) is 1.62. The van der Waals surface area contributed by atoms with Crippen molar-refractivity contribution in [3.8, 4) is 11.5 Å². The van der Waals surface area contributed by atoms with Crippen molar-refractivity contribution in [2.75, 3.05) is 13.7 Å². The molecule has 0 aliphatic heterocycles. The van der Waals surface area contributed by atoms with E-state index in [9.17, 15) is 0 Å². The van der Waals surface area contributed by atoms with Crippen LogP contribution in [0.2, 0.25) is 4.47 Å². The number of nitrogens with two attached hydrogens (primary N) is 1. The van der Waals surface area contributed by atoms with E-state index >= 15 is 0 Å². The molecule has 2 rings (SSSR count). The highest BCUT2D eigenvalue weighted by Gasteiger charge is 2.07. The van der Waals surface area contributed by atoms with E-state index in [0.717, 1.165) is 16.9 Å². The van der Waals surface area contributed by atoms with Crippen molar-refractivity contribution in [1.29, 1.82) is 0 Å². The molecule has 4 nitrogen and oxygen atoms in total. The lowest BCUT2D eigenvalue weighted by Gasteiger charge is -2.11. The van der Waals surface area contributed by atoms with Crippen LogP contribution in [0.25, 0.3) is 0 Å². The summed E-state index contributed by atoms with van der Waals surface area (Å²) >= 11 is 7.18. The second-order valence-electron chi connectivity index (χ2n) is 3.89. The summed E-state index contributed by atoms with van der Waals surface area (Å²) in [6.07, 6.45) is 2.53. The first-order valence-corrected chi connectivity index (χ1v) is 7.02. The number of rotatable bonds is 6. The fourth-order valence-electron chi connectivity index (χ4n) is 1.65. The van der Waals surface area contributed by atoms with Gasteiger partial charge in [-0.15, -0.1) is 11.3 Å². The third-order valence-electron chi connectivity index (χ3n) is 2.56. The molecule has 0 unspecified atom stereocenters. The van der Waals surface area contributed by atoms with Gasteiger partial charge in [-0.1, -0.05) is 17.7 Å². The highest BCUT2D eigenvalue weighted by molar-refractivity contribution is 7.15. The molecule has 1 aromatic heterocycles. The largest absolute Gasteiger partial charge is 0.493 e. The van der Waals surface area contributed by atoms with E-state index in [4.69, 9.17) is 26.8 Å². The molecule has 102 valence electrons. The number of hydrogen-bond donors (Lipinski definition) is 1. The van der Waals surface area contributed by atoms with Gasteiger partial charge in [-0.25, -0.2) is 4.98 Å². The van der Waals surface area contributed by atoms with Gasteiger partial charge in [-0.05, 0) is 30.7 Å². The van der Waals surface area contributed by atoms with Crippen LogP contribution in [0.5, 0.6) is 11.5 Å². The van der Waals surface area contributed by atoms with Crippen LogP contribution in [-0.2, 0) is 13.0 Å². The molecule has 0 amide bonds. The Morgan fingerprint density at radius 3 is 2.84 bits per heavy atom. The maximum Gasteiger partial charge on any atom is 0.183 e. The highest BCUT2D eigenvalue weighted by atomic mass is 35.5. The summed E-state index contributed by atoms with van der Waals surface area (Å²) in [5.74, 6) is 1.41. The molecule has 2 N–H and O–H groups in total. The van der Waals surface area contributed by atoms with Crippen LogP contribution in [-0.4, -0.2) is 18.6 Å². The van der Waals surface area contributed by atoms with Gasteiger partial charge in [0.15, 0.2) is 16.0 Å². The third-order valence-corrected chi connectivity index (χ3v) is 3.64. The maximum atomic E-state index is 5.77. The molecule has 0 saturated carbocycles. The predicted molar refractivity (Wildman–Crippen MR) is 77.2 cm³/mol. The summed E-state index contributed by atoms with van der Waals surface area (Å²) in [5.41, 5.74) is 6.67. The van der Waals surface area contributed by atoms with Gasteiger partial charge in [0.25, 0.3) is 0 Å². The summed E-state index contributed by atoms with van der Waals surface area (Å²) in [6.45, 7) is 1.04. The van der Waals surface area contributed by atoms with Gasteiger partial charge < -0.3 is 15.2 Å². The van der Waals surface area contributed by atoms with Gasteiger partial charge in [0.2, 0.25) is 0 Å². The molecule has 0 radical (unpaired) electrons. The van der Waals surface area contributed by atoms with E-state index in [2.05, 4.69) is 4.98 Å². The minimum Gasteiger partial charge on any atom is -0.493 e. The van der Waals surface area contributed by atoms with Crippen LogP contribution in [0, 0.1) is 0 Å². The smallest absolute Gasteiger partial charge is 0.183 e. The first-order valence-electron chi connectivity index (χ1n) is 5.83. The second-order valence-corrected chi connectivity index (χ2v) is 5.59. The van der Waals surface area contributed by atoms with Crippen LogP contribution in [0.15, 0.2) is 24.4 Å². The molecule has 1 heterocycles. The van der Waals surface area contributed by atoms with Crippen molar-refractivity contribution >= 4 is 22.9 Å². The number of benzene rings is 1. The Balaban J connectivity index is 2.06. The zero-order valence-electron chi connectivity index (χ0n) is 10.6. The average Bonchev–Trinajstić information content (AvgIpc) is 2.83. The van der Waals surface area contributed by atoms with Crippen molar-refractivity contribution in [3.63, 3.8) is 0 Å². The highest BCUT2D eigenvalue weighted by Crippen LogP contribution is 2.29. The van der Waals surface area contributed by atoms with Crippen molar-refractivity contribution in [2.24, 2.45) is 5.73 Å². The Morgan fingerprint density at radius 2 is 2.21 bits per heavy atom. The van der Waals surface area contributed by atoms with Gasteiger partial charge in [0.05, 0.1) is 12.0 Å². The number of ether oxygens (including phenoxy) is 2. The normalized spacial score (nSPS) is 10.5. The summed E-state index contributed by atoms with van der Waals surface area (Å²) < 4.78 is 11.6. The molecule has 2 aromatic rings. The van der Waals surface area contributed by atoms with E-state index in [0.29, 0.717) is 29.1 Å². The van der Waals surface area contributed by atoms with Gasteiger partial charge in [-0.2, -0.15) is 0 Å². The van der Waals surface area contributed by atoms with E-state index in [1.807, 2.05) is 18.2 Å². The van der Waals surface area contributed by atoms with Crippen molar-refractivity contribution in [2.45, 2.75) is 13.0 Å². The number of aromatic nitrogens is 1. The lowest BCUT2D eigenvalue weighted by molar-refractivity contribution is 0.287.